The predicted octanol–water partition coefficient (Wildman–Crippen LogP) is -0.939. The fourth-order valence-corrected chi connectivity index (χ4v) is 1.39. The second-order valence-electron chi connectivity index (χ2n) is 3.65. The molecule has 2 rings (SSSR count). The largest absolute Gasteiger partial charge is 0.396 e. The smallest absolute Gasteiger partial charge is 0.274 e. The number of anilines is 1. The van der Waals surface area contributed by atoms with Crippen LogP contribution in [0.1, 0.15) is 16.3 Å². The monoisotopic (exact) mass is 235 g/mol. The average Bonchev–Trinajstić information content (AvgIpc) is 2.81. The van der Waals surface area contributed by atoms with Crippen molar-refractivity contribution in [2.24, 2.45) is 14.1 Å². The van der Waals surface area contributed by atoms with Crippen LogP contribution in [-0.2, 0) is 20.6 Å². The maximum Gasteiger partial charge on any atom is 0.274 e. The van der Waals surface area contributed by atoms with Crippen LogP contribution < -0.4 is 11.1 Å². The summed E-state index contributed by atoms with van der Waals surface area (Å²) in [6, 6.07) is 0. The number of hydrogen-bond acceptors (Lipinski definition) is 5. The first-order chi connectivity index (χ1) is 8.08. The van der Waals surface area contributed by atoms with E-state index in [9.17, 15) is 4.79 Å². The van der Waals surface area contributed by atoms with Gasteiger partial charge in [0.2, 0.25) is 0 Å². The summed E-state index contributed by atoms with van der Waals surface area (Å²) < 4.78 is 3.22. The second-order valence-corrected chi connectivity index (χ2v) is 3.65. The van der Waals surface area contributed by atoms with Crippen molar-refractivity contribution in [3.63, 3.8) is 0 Å². The third kappa shape index (κ3) is 2.25. The molecule has 0 spiro atoms. The first-order valence-electron chi connectivity index (χ1n) is 4.98. The zero-order chi connectivity index (χ0) is 12.4. The van der Waals surface area contributed by atoms with Gasteiger partial charge in [0.1, 0.15) is 6.33 Å². The third-order valence-corrected chi connectivity index (χ3v) is 2.28. The van der Waals surface area contributed by atoms with Crippen LogP contribution in [0.5, 0.6) is 0 Å². The summed E-state index contributed by atoms with van der Waals surface area (Å²) in [5.74, 6) is 0.332. The number of aryl methyl sites for hydroxylation is 2. The molecular formula is C9H13N7O. The van der Waals surface area contributed by atoms with Gasteiger partial charge in [-0.05, 0) is 0 Å². The van der Waals surface area contributed by atoms with E-state index in [0.29, 0.717) is 11.5 Å². The van der Waals surface area contributed by atoms with Gasteiger partial charge in [-0.15, -0.1) is 10.2 Å². The molecule has 8 nitrogen and oxygen atoms in total. The molecule has 2 aromatic heterocycles. The summed E-state index contributed by atoms with van der Waals surface area (Å²) >= 11 is 0. The highest BCUT2D eigenvalue weighted by molar-refractivity contribution is 5.96. The highest BCUT2D eigenvalue weighted by atomic mass is 16.2. The van der Waals surface area contributed by atoms with Crippen molar-refractivity contribution in [3.8, 4) is 0 Å². The quantitative estimate of drug-likeness (QED) is 0.714. The topological polar surface area (TPSA) is 104 Å². The van der Waals surface area contributed by atoms with Crippen molar-refractivity contribution >= 4 is 11.6 Å². The van der Waals surface area contributed by atoms with Crippen molar-refractivity contribution in [2.45, 2.75) is 6.54 Å². The van der Waals surface area contributed by atoms with E-state index >= 15 is 0 Å². The molecule has 17 heavy (non-hydrogen) atoms. The van der Waals surface area contributed by atoms with Gasteiger partial charge in [-0.25, -0.2) is 0 Å². The molecule has 0 aromatic carbocycles. The highest BCUT2D eigenvalue weighted by Gasteiger charge is 2.14. The van der Waals surface area contributed by atoms with Gasteiger partial charge >= 0.3 is 0 Å². The molecule has 0 saturated heterocycles. The maximum absolute atomic E-state index is 11.8. The van der Waals surface area contributed by atoms with Gasteiger partial charge < -0.3 is 15.6 Å². The molecule has 3 N–H and O–H groups in total. The van der Waals surface area contributed by atoms with Crippen LogP contribution in [0.15, 0.2) is 12.5 Å². The Morgan fingerprint density at radius 2 is 2.29 bits per heavy atom. The number of aromatic nitrogens is 5. The van der Waals surface area contributed by atoms with Gasteiger partial charge in [0.25, 0.3) is 5.91 Å². The molecule has 2 heterocycles. The van der Waals surface area contributed by atoms with Crippen molar-refractivity contribution < 1.29 is 4.79 Å². The Morgan fingerprint density at radius 3 is 2.82 bits per heavy atom. The number of nitrogen functional groups attached to an aromatic ring is 1. The lowest BCUT2D eigenvalue weighted by atomic mass is 10.3. The zero-order valence-corrected chi connectivity index (χ0v) is 9.58. The minimum absolute atomic E-state index is 0.217. The number of hydrogen-bond donors (Lipinski definition) is 2. The first kappa shape index (κ1) is 11.1. The van der Waals surface area contributed by atoms with Crippen LogP contribution >= 0.6 is 0 Å². The number of carbonyl (C=O) groups excluding carboxylic acids is 1. The van der Waals surface area contributed by atoms with Crippen LogP contribution in [-0.4, -0.2) is 30.5 Å². The molecule has 90 valence electrons. The molecule has 0 aliphatic heterocycles. The summed E-state index contributed by atoms with van der Waals surface area (Å²) in [4.78, 5) is 11.8. The van der Waals surface area contributed by atoms with E-state index < -0.39 is 0 Å². The molecule has 8 heteroatoms. The Labute approximate surface area is 97.4 Å². The summed E-state index contributed by atoms with van der Waals surface area (Å²) in [6.07, 6.45) is 3.15. The predicted molar refractivity (Wildman–Crippen MR) is 59.8 cm³/mol. The highest BCUT2D eigenvalue weighted by Crippen LogP contribution is 2.07. The van der Waals surface area contributed by atoms with E-state index in [1.807, 2.05) is 0 Å². The van der Waals surface area contributed by atoms with Crippen LogP contribution in [0, 0.1) is 0 Å². The standard InChI is InChI=1S/C9H13N7O/c1-15-5-12-13-7(15)3-11-9(17)8-6(10)4-16(2)14-8/h4-5H,3,10H2,1-2H3,(H,11,17). The van der Waals surface area contributed by atoms with Crippen molar-refractivity contribution in [1.82, 2.24) is 29.9 Å². The second kappa shape index (κ2) is 4.24. The summed E-state index contributed by atoms with van der Waals surface area (Å²) in [5, 5.41) is 14.2. The Bertz CT molecular complexity index is 541. The van der Waals surface area contributed by atoms with Crippen molar-refractivity contribution in [1.29, 1.82) is 0 Å². The van der Waals surface area contributed by atoms with E-state index in [2.05, 4.69) is 20.6 Å². The zero-order valence-electron chi connectivity index (χ0n) is 9.58. The molecule has 0 fully saturated rings. The van der Waals surface area contributed by atoms with E-state index in [4.69, 9.17) is 5.73 Å². The number of nitrogens with zero attached hydrogens (tertiary/aromatic N) is 5. The fourth-order valence-electron chi connectivity index (χ4n) is 1.39. The number of nitrogens with one attached hydrogen (secondary N) is 1. The third-order valence-electron chi connectivity index (χ3n) is 2.28. The molecule has 0 aliphatic carbocycles. The lowest BCUT2D eigenvalue weighted by Crippen LogP contribution is -2.25. The van der Waals surface area contributed by atoms with Crippen LogP contribution in [0.4, 0.5) is 5.69 Å². The minimum atomic E-state index is -0.328. The fraction of sp³-hybridized carbons (Fsp3) is 0.333. The van der Waals surface area contributed by atoms with Crippen LogP contribution in [0.25, 0.3) is 0 Å². The Balaban J connectivity index is 2.03. The SMILES string of the molecule is Cn1cc(N)c(C(=O)NCc2nncn2C)n1. The van der Waals surface area contributed by atoms with Gasteiger partial charge in [-0.1, -0.05) is 0 Å². The van der Waals surface area contributed by atoms with Crippen molar-refractivity contribution in [2.75, 3.05) is 5.73 Å². The number of amides is 1. The Morgan fingerprint density at radius 1 is 1.53 bits per heavy atom. The first-order valence-corrected chi connectivity index (χ1v) is 4.98. The van der Waals surface area contributed by atoms with Gasteiger partial charge in [0.05, 0.1) is 12.2 Å². The lowest BCUT2D eigenvalue weighted by Gasteiger charge is -2.02. The summed E-state index contributed by atoms with van der Waals surface area (Å²) in [5.41, 5.74) is 6.21. The number of nitrogens with two attached hydrogens (primary N) is 1. The molecule has 0 bridgehead atoms. The molecule has 0 radical (unpaired) electrons. The number of rotatable bonds is 3. The van der Waals surface area contributed by atoms with Gasteiger partial charge in [-0.3, -0.25) is 9.48 Å². The number of carbonyl (C=O) groups is 1. The van der Waals surface area contributed by atoms with Crippen LogP contribution in [0.2, 0.25) is 0 Å². The van der Waals surface area contributed by atoms with Crippen molar-refractivity contribution in [3.05, 3.63) is 24.0 Å². The van der Waals surface area contributed by atoms with E-state index in [1.165, 1.54) is 4.68 Å². The molecule has 0 aliphatic rings. The normalized spacial score (nSPS) is 10.5. The van der Waals surface area contributed by atoms with E-state index in [-0.39, 0.29) is 18.1 Å². The molecule has 0 atom stereocenters. The average molecular weight is 235 g/mol. The molecule has 0 unspecified atom stereocenters. The van der Waals surface area contributed by atoms with E-state index in [0.717, 1.165) is 0 Å². The Kier molecular flexibility index (Phi) is 2.77. The molecular weight excluding hydrogens is 222 g/mol. The Hall–Kier alpha value is -2.38. The summed E-state index contributed by atoms with van der Waals surface area (Å²) in [6.45, 7) is 0.283. The maximum atomic E-state index is 11.8. The minimum Gasteiger partial charge on any atom is -0.396 e. The molecule has 2 aromatic rings. The van der Waals surface area contributed by atoms with E-state index in [1.54, 1.807) is 31.2 Å². The van der Waals surface area contributed by atoms with Gasteiger partial charge in [0.15, 0.2) is 11.5 Å². The van der Waals surface area contributed by atoms with Gasteiger partial charge in [-0.2, -0.15) is 5.10 Å². The molecule has 0 saturated carbocycles. The van der Waals surface area contributed by atoms with Crippen LogP contribution in [0.3, 0.4) is 0 Å². The lowest BCUT2D eigenvalue weighted by molar-refractivity contribution is 0.0944. The van der Waals surface area contributed by atoms with Gasteiger partial charge in [0, 0.05) is 20.3 Å². The summed E-state index contributed by atoms with van der Waals surface area (Å²) in [7, 11) is 3.51. The molecule has 1 amide bonds.